The van der Waals surface area contributed by atoms with E-state index in [4.69, 9.17) is 5.11 Å². The number of amides is 2. The molecule has 0 heterocycles. The maximum Gasteiger partial charge on any atom is 0.317 e. The summed E-state index contributed by atoms with van der Waals surface area (Å²) in [6, 6.07) is 7.60. The number of hydrogen-bond acceptors (Lipinski definition) is 2. The number of carboxylic acid groups (broad SMARTS) is 1. The minimum absolute atomic E-state index is 0.0361. The fraction of sp³-hybridized carbons (Fsp3) is 0.429. The first-order valence-electron chi connectivity index (χ1n) is 6.33. The van der Waals surface area contributed by atoms with Crippen LogP contribution in [-0.4, -0.2) is 35.1 Å². The third-order valence-corrected chi connectivity index (χ3v) is 2.96. The zero-order valence-corrected chi connectivity index (χ0v) is 11.3. The molecule has 0 saturated heterocycles. The molecule has 5 nitrogen and oxygen atoms in total. The van der Waals surface area contributed by atoms with Gasteiger partial charge in [-0.1, -0.05) is 24.3 Å². The number of benzene rings is 1. The van der Waals surface area contributed by atoms with Crippen LogP contribution in [0.5, 0.6) is 0 Å². The molecule has 5 heteroatoms. The molecule has 1 rings (SSSR count). The molecule has 104 valence electrons. The number of aryl methyl sites for hydroxylation is 1. The monoisotopic (exact) mass is 264 g/mol. The summed E-state index contributed by atoms with van der Waals surface area (Å²) in [7, 11) is 0. The lowest BCUT2D eigenvalue weighted by Gasteiger charge is -2.20. The summed E-state index contributed by atoms with van der Waals surface area (Å²) in [5, 5.41) is 11.4. The first kappa shape index (κ1) is 15.0. The highest BCUT2D eigenvalue weighted by Gasteiger charge is 2.12. The molecule has 1 aromatic carbocycles. The van der Waals surface area contributed by atoms with E-state index in [1.807, 2.05) is 38.1 Å². The summed E-state index contributed by atoms with van der Waals surface area (Å²) in [5.74, 6) is -0.898. The van der Waals surface area contributed by atoms with Crippen molar-refractivity contribution in [3.8, 4) is 0 Å². The number of carbonyl (C=O) groups excluding carboxylic acids is 1. The number of urea groups is 1. The lowest BCUT2D eigenvalue weighted by molar-refractivity contribution is -0.137. The Balaban J connectivity index is 2.49. The quantitative estimate of drug-likeness (QED) is 0.825. The summed E-state index contributed by atoms with van der Waals surface area (Å²) in [6.07, 6.45) is -0.0361. The van der Waals surface area contributed by atoms with Crippen molar-refractivity contribution in [2.45, 2.75) is 26.8 Å². The number of carbonyl (C=O) groups is 2. The van der Waals surface area contributed by atoms with Gasteiger partial charge in [0.1, 0.15) is 0 Å². The van der Waals surface area contributed by atoms with E-state index >= 15 is 0 Å². The molecule has 0 aliphatic rings. The number of nitrogens with zero attached hydrogens (tertiary/aromatic N) is 1. The average molecular weight is 264 g/mol. The van der Waals surface area contributed by atoms with Gasteiger partial charge in [0.05, 0.1) is 6.42 Å². The summed E-state index contributed by atoms with van der Waals surface area (Å²) in [5.41, 5.74) is 2.18. The van der Waals surface area contributed by atoms with Gasteiger partial charge in [0.2, 0.25) is 0 Å². The van der Waals surface area contributed by atoms with Crippen LogP contribution in [0.4, 0.5) is 4.79 Å². The van der Waals surface area contributed by atoms with Crippen molar-refractivity contribution in [2.75, 3.05) is 13.1 Å². The van der Waals surface area contributed by atoms with Gasteiger partial charge >= 0.3 is 12.0 Å². The molecule has 0 spiro atoms. The average Bonchev–Trinajstić information content (AvgIpc) is 2.38. The van der Waals surface area contributed by atoms with Gasteiger partial charge in [-0.25, -0.2) is 4.79 Å². The van der Waals surface area contributed by atoms with Crippen molar-refractivity contribution >= 4 is 12.0 Å². The Morgan fingerprint density at radius 3 is 2.58 bits per heavy atom. The third kappa shape index (κ3) is 4.99. The van der Waals surface area contributed by atoms with Crippen LogP contribution in [0.2, 0.25) is 0 Å². The maximum atomic E-state index is 11.9. The highest BCUT2D eigenvalue weighted by molar-refractivity contribution is 5.75. The number of nitrogens with one attached hydrogen (secondary N) is 1. The maximum absolute atomic E-state index is 11.9. The molecule has 0 saturated carbocycles. The van der Waals surface area contributed by atoms with Gasteiger partial charge in [-0.15, -0.1) is 0 Å². The normalized spacial score (nSPS) is 10.0. The van der Waals surface area contributed by atoms with Crippen molar-refractivity contribution in [3.05, 3.63) is 35.4 Å². The molecule has 0 fully saturated rings. The molecule has 0 aliphatic carbocycles. The largest absolute Gasteiger partial charge is 0.481 e. The first-order chi connectivity index (χ1) is 9.04. The van der Waals surface area contributed by atoms with E-state index in [1.165, 1.54) is 4.90 Å². The predicted molar refractivity (Wildman–Crippen MR) is 72.9 cm³/mol. The minimum Gasteiger partial charge on any atom is -0.481 e. The Morgan fingerprint density at radius 2 is 2.00 bits per heavy atom. The summed E-state index contributed by atoms with van der Waals surface area (Å²) in [4.78, 5) is 23.9. The Hall–Kier alpha value is -2.04. The molecule has 0 radical (unpaired) electrons. The van der Waals surface area contributed by atoms with Gasteiger partial charge in [0.15, 0.2) is 0 Å². The van der Waals surface area contributed by atoms with Gasteiger partial charge < -0.3 is 15.3 Å². The van der Waals surface area contributed by atoms with E-state index < -0.39 is 5.97 Å². The number of hydrogen-bond donors (Lipinski definition) is 2. The van der Waals surface area contributed by atoms with Gasteiger partial charge in [-0.3, -0.25) is 4.79 Å². The van der Waals surface area contributed by atoms with Crippen molar-refractivity contribution in [2.24, 2.45) is 0 Å². The highest BCUT2D eigenvalue weighted by Crippen LogP contribution is 2.06. The van der Waals surface area contributed by atoms with Crippen LogP contribution < -0.4 is 5.32 Å². The van der Waals surface area contributed by atoms with Gasteiger partial charge in [0.25, 0.3) is 0 Å². The van der Waals surface area contributed by atoms with Crippen LogP contribution in [-0.2, 0) is 11.3 Å². The van der Waals surface area contributed by atoms with Crippen molar-refractivity contribution < 1.29 is 14.7 Å². The topological polar surface area (TPSA) is 69.6 Å². The van der Waals surface area contributed by atoms with Crippen LogP contribution in [0.15, 0.2) is 24.3 Å². The fourth-order valence-electron chi connectivity index (χ4n) is 1.72. The standard InChI is InChI=1S/C14H20N2O3/c1-3-16(9-8-13(17)18)14(19)15-10-12-7-5-4-6-11(12)2/h4-7H,3,8-10H2,1-2H3,(H,15,19)(H,17,18). The Morgan fingerprint density at radius 1 is 1.32 bits per heavy atom. The fourth-order valence-corrected chi connectivity index (χ4v) is 1.72. The van der Waals surface area contributed by atoms with Gasteiger partial charge in [0, 0.05) is 19.6 Å². The molecular weight excluding hydrogens is 244 g/mol. The lowest BCUT2D eigenvalue weighted by Crippen LogP contribution is -2.40. The zero-order valence-electron chi connectivity index (χ0n) is 11.3. The minimum atomic E-state index is -0.898. The predicted octanol–water partition coefficient (Wildman–Crippen LogP) is 2.00. The molecule has 2 N–H and O–H groups in total. The number of rotatable bonds is 6. The Bertz CT molecular complexity index is 446. The van der Waals surface area contributed by atoms with E-state index in [2.05, 4.69) is 5.32 Å². The third-order valence-electron chi connectivity index (χ3n) is 2.96. The van der Waals surface area contributed by atoms with E-state index in [1.54, 1.807) is 0 Å². The molecule has 19 heavy (non-hydrogen) atoms. The summed E-state index contributed by atoms with van der Waals surface area (Å²) >= 11 is 0. The van der Waals surface area contributed by atoms with Crippen LogP contribution in [0, 0.1) is 6.92 Å². The van der Waals surface area contributed by atoms with Crippen LogP contribution in [0.1, 0.15) is 24.5 Å². The van der Waals surface area contributed by atoms with Crippen molar-refractivity contribution in [1.82, 2.24) is 10.2 Å². The van der Waals surface area contributed by atoms with Crippen LogP contribution in [0.3, 0.4) is 0 Å². The van der Waals surface area contributed by atoms with E-state index in [-0.39, 0.29) is 19.0 Å². The smallest absolute Gasteiger partial charge is 0.317 e. The number of aliphatic carboxylic acids is 1. The van der Waals surface area contributed by atoms with Crippen molar-refractivity contribution in [3.63, 3.8) is 0 Å². The van der Waals surface area contributed by atoms with Crippen LogP contribution >= 0.6 is 0 Å². The van der Waals surface area contributed by atoms with E-state index in [0.29, 0.717) is 13.1 Å². The molecule has 0 bridgehead atoms. The highest BCUT2D eigenvalue weighted by atomic mass is 16.4. The first-order valence-corrected chi connectivity index (χ1v) is 6.33. The Labute approximate surface area is 113 Å². The summed E-state index contributed by atoms with van der Waals surface area (Å²) in [6.45, 7) is 4.99. The lowest BCUT2D eigenvalue weighted by atomic mass is 10.1. The molecular formula is C14H20N2O3. The van der Waals surface area contributed by atoms with E-state index in [9.17, 15) is 9.59 Å². The Kier molecular flexibility index (Phi) is 5.85. The SMILES string of the molecule is CCN(CCC(=O)O)C(=O)NCc1ccccc1C. The second-order valence-corrected chi connectivity index (χ2v) is 4.31. The molecule has 0 aliphatic heterocycles. The van der Waals surface area contributed by atoms with Crippen molar-refractivity contribution in [1.29, 1.82) is 0 Å². The molecule has 1 aromatic rings. The zero-order chi connectivity index (χ0) is 14.3. The molecule has 2 amide bonds. The molecule has 0 aromatic heterocycles. The van der Waals surface area contributed by atoms with Gasteiger partial charge in [-0.2, -0.15) is 0 Å². The second-order valence-electron chi connectivity index (χ2n) is 4.31. The summed E-state index contributed by atoms with van der Waals surface area (Å²) < 4.78 is 0. The van der Waals surface area contributed by atoms with E-state index in [0.717, 1.165) is 11.1 Å². The van der Waals surface area contributed by atoms with Crippen LogP contribution in [0.25, 0.3) is 0 Å². The number of carboxylic acids is 1. The second kappa shape index (κ2) is 7.41. The molecule has 0 unspecified atom stereocenters. The van der Waals surface area contributed by atoms with Gasteiger partial charge in [-0.05, 0) is 25.0 Å². The molecule has 0 atom stereocenters.